The molecule has 6 heterocycles. The minimum Gasteiger partial charge on any atom is -0.482 e. The van der Waals surface area contributed by atoms with E-state index >= 15 is 0 Å². The number of likely N-dealkylation sites (tertiary alicyclic amines) is 1. The number of aliphatic hydroxyl groups is 1. The van der Waals surface area contributed by atoms with Crippen LogP contribution in [0.1, 0.15) is 110 Å². The number of thiophene rings is 1. The van der Waals surface area contributed by atoms with Gasteiger partial charge in [0.25, 0.3) is 5.91 Å². The van der Waals surface area contributed by atoms with Crippen LogP contribution >= 0.6 is 34.3 Å². The first-order valence-corrected chi connectivity index (χ1v) is 26.4. The summed E-state index contributed by atoms with van der Waals surface area (Å²) in [5.74, 6) is 0.432. The first-order chi connectivity index (χ1) is 34.8. The number of carbonyl (C=O) groups is 4. The Morgan fingerprint density at radius 1 is 0.904 bits per heavy atom. The van der Waals surface area contributed by atoms with E-state index in [-0.39, 0.29) is 43.5 Å². The molecule has 9 rings (SSSR count). The number of β-amino-alcohol motifs (C(OH)–C–C–N with tert-alkyl or cyclic N) is 1. The number of carbonyl (C=O) groups excluding carboxylic acids is 4. The lowest BCUT2D eigenvalue weighted by Gasteiger charge is -2.35. The van der Waals surface area contributed by atoms with Crippen LogP contribution < -0.4 is 25.4 Å². The Hall–Kier alpha value is -6.54. The summed E-state index contributed by atoms with van der Waals surface area (Å²) in [5.41, 5.74) is 7.73. The molecule has 20 heteroatoms. The van der Waals surface area contributed by atoms with Gasteiger partial charge in [-0.05, 0) is 74.9 Å². The smallest absolute Gasteiger partial charge is 0.258 e. The van der Waals surface area contributed by atoms with E-state index in [1.807, 2.05) is 100 Å². The van der Waals surface area contributed by atoms with Gasteiger partial charge in [-0.15, -0.1) is 32.9 Å². The topological polar surface area (TPSA) is 215 Å². The van der Waals surface area contributed by atoms with Crippen LogP contribution in [0.15, 0.2) is 77.4 Å². The molecular formula is C53H59ClN10O7S2. The first kappa shape index (κ1) is 51.4. The lowest BCUT2D eigenvalue weighted by molar-refractivity contribution is -0.144. The molecule has 3 aliphatic rings. The number of aliphatic imine (C=N–C) groups is 1. The van der Waals surface area contributed by atoms with E-state index in [1.165, 1.54) is 11.1 Å². The number of aryl methyl sites for hydroxylation is 3. The third-order valence-corrected chi connectivity index (χ3v) is 16.0. The molecule has 5 atom stereocenters. The number of pyridine rings is 1. The number of benzene rings is 2. The average Bonchev–Trinajstić information content (AvgIpc) is 4.11. The molecule has 4 N–H and O–H groups in total. The maximum Gasteiger partial charge on any atom is 0.258 e. The highest BCUT2D eigenvalue weighted by molar-refractivity contribution is 7.15. The summed E-state index contributed by atoms with van der Waals surface area (Å²) in [4.78, 5) is 72.4. The second kappa shape index (κ2) is 21.1. The zero-order valence-corrected chi connectivity index (χ0v) is 44.3. The molecule has 0 unspecified atom stereocenters. The second-order valence-corrected chi connectivity index (χ2v) is 22.6. The van der Waals surface area contributed by atoms with Crippen molar-refractivity contribution in [3.05, 3.63) is 122 Å². The second-order valence-electron chi connectivity index (χ2n) is 20.1. The third-order valence-electron chi connectivity index (χ3n) is 13.6. The number of rotatable bonds is 15. The predicted octanol–water partition coefficient (Wildman–Crippen LogP) is 7.49. The zero-order chi connectivity index (χ0) is 51.9. The highest BCUT2D eigenvalue weighted by Crippen LogP contribution is 2.40. The number of hydrogen-bond donors (Lipinski definition) is 4. The van der Waals surface area contributed by atoms with Crippen molar-refractivity contribution in [2.45, 2.75) is 123 Å². The van der Waals surface area contributed by atoms with Crippen LogP contribution in [0.25, 0.3) is 15.4 Å². The minimum absolute atomic E-state index is 0.0471. The number of nitrogens with one attached hydrogen (secondary N) is 3. The summed E-state index contributed by atoms with van der Waals surface area (Å²) in [6.45, 7) is 14.9. The van der Waals surface area contributed by atoms with Crippen molar-refractivity contribution in [2.24, 2.45) is 10.4 Å². The number of hydrogen-bond acceptors (Lipinski definition) is 14. The van der Waals surface area contributed by atoms with Gasteiger partial charge in [-0.25, -0.2) is 9.97 Å². The molecule has 2 fully saturated rings. The lowest BCUT2D eigenvalue weighted by Crippen LogP contribution is -2.58. The largest absolute Gasteiger partial charge is 0.482 e. The van der Waals surface area contributed by atoms with Crippen molar-refractivity contribution in [3.63, 3.8) is 0 Å². The summed E-state index contributed by atoms with van der Waals surface area (Å²) in [5, 5.41) is 30.2. The Kier molecular flexibility index (Phi) is 14.9. The van der Waals surface area contributed by atoms with Crippen LogP contribution in [0.4, 0.5) is 0 Å². The predicted molar refractivity (Wildman–Crippen MR) is 280 cm³/mol. The summed E-state index contributed by atoms with van der Waals surface area (Å²) in [6, 6.07) is 15.7. The van der Waals surface area contributed by atoms with E-state index < -0.39 is 54.0 Å². The number of fused-ring (bicyclic) bond motifs is 3. The van der Waals surface area contributed by atoms with Gasteiger partial charge in [0.1, 0.15) is 40.8 Å². The molecule has 1 aliphatic carbocycles. The molecule has 73 heavy (non-hydrogen) atoms. The van der Waals surface area contributed by atoms with Crippen molar-refractivity contribution >= 4 is 63.6 Å². The Balaban J connectivity index is 0.750. The monoisotopic (exact) mass is 1050 g/mol. The van der Waals surface area contributed by atoms with E-state index in [4.69, 9.17) is 26.1 Å². The van der Waals surface area contributed by atoms with E-state index in [0.717, 1.165) is 59.8 Å². The van der Waals surface area contributed by atoms with Crippen molar-refractivity contribution in [1.29, 1.82) is 0 Å². The molecule has 17 nitrogen and oxygen atoms in total. The van der Waals surface area contributed by atoms with Crippen LogP contribution in [0.5, 0.6) is 11.6 Å². The van der Waals surface area contributed by atoms with E-state index in [1.54, 1.807) is 34.8 Å². The van der Waals surface area contributed by atoms with Gasteiger partial charge in [0.15, 0.2) is 12.4 Å². The highest BCUT2D eigenvalue weighted by Gasteiger charge is 2.45. The average molecular weight is 1050 g/mol. The molecule has 4 aromatic heterocycles. The van der Waals surface area contributed by atoms with Crippen molar-refractivity contribution in [1.82, 2.24) is 45.6 Å². The van der Waals surface area contributed by atoms with Crippen molar-refractivity contribution in [2.75, 3.05) is 13.2 Å². The molecule has 4 amide bonds. The number of aliphatic hydroxyl groups excluding tert-OH is 1. The molecule has 1 saturated carbocycles. The number of aromatic nitrogens is 5. The molecule has 2 aliphatic heterocycles. The molecule has 2 aromatic carbocycles. The Morgan fingerprint density at radius 2 is 1.63 bits per heavy atom. The number of nitrogens with zero attached hydrogens (tertiary/aromatic N) is 7. The normalized spacial score (nSPS) is 20.1. The van der Waals surface area contributed by atoms with Gasteiger partial charge >= 0.3 is 0 Å². The summed E-state index contributed by atoms with van der Waals surface area (Å²) in [7, 11) is 0. The fraction of sp³-hybridized carbons (Fsp3) is 0.415. The Labute approximate surface area is 436 Å². The van der Waals surface area contributed by atoms with Crippen LogP contribution in [0.2, 0.25) is 5.02 Å². The van der Waals surface area contributed by atoms with Crippen molar-refractivity contribution < 1.29 is 33.8 Å². The van der Waals surface area contributed by atoms with Crippen LogP contribution in [-0.4, -0.2) is 108 Å². The van der Waals surface area contributed by atoms with Gasteiger partial charge in [-0.3, -0.25) is 28.7 Å². The van der Waals surface area contributed by atoms with Gasteiger partial charge < -0.3 is 35.4 Å². The molecule has 0 spiro atoms. The molecule has 382 valence electrons. The summed E-state index contributed by atoms with van der Waals surface area (Å²) >= 11 is 9.49. The van der Waals surface area contributed by atoms with Gasteiger partial charge in [-0.1, -0.05) is 68.8 Å². The minimum atomic E-state index is -1.03. The lowest BCUT2D eigenvalue weighted by atomic mass is 9.85. The van der Waals surface area contributed by atoms with E-state index in [2.05, 4.69) is 50.0 Å². The standard InChI is InChI=1S/C53H59ClN10O7S2/c1-27-30(4)73-52-45(27)46(33-13-15-35(54)16-14-33)59-40(49-62-61-31(5)64(49)52)22-42(66)58-36-19-39(20-36)71-44-18-17-38(23-55-44)70-25-43(67)60-48(53(6,7)8)51(69)63-24-37(65)21-41(63)50(68)57-28(2)32-9-11-34(12-10-32)47-29(3)56-26-72-47/h9-18,23,26,28,36-37,39-41,48,65H,19-22,24-25H2,1-8H3,(H,57,68)(H,58,66)(H,60,67)/t28-,36-,37+,39+,40-,41-,48+/m0/s1. The van der Waals surface area contributed by atoms with E-state index in [0.29, 0.717) is 35.3 Å². The summed E-state index contributed by atoms with van der Waals surface area (Å²) < 4.78 is 13.9. The Morgan fingerprint density at radius 3 is 2.30 bits per heavy atom. The van der Waals surface area contributed by atoms with Crippen LogP contribution in [0, 0.1) is 33.1 Å². The molecule has 0 radical (unpaired) electrons. The summed E-state index contributed by atoms with van der Waals surface area (Å²) in [6.07, 6.45) is 1.68. The maximum absolute atomic E-state index is 14.2. The Bertz CT molecular complexity index is 3050. The zero-order valence-electron chi connectivity index (χ0n) is 41.9. The quantitative estimate of drug-likeness (QED) is 0.0791. The number of halogens is 1. The molecule has 0 bridgehead atoms. The van der Waals surface area contributed by atoms with Crippen LogP contribution in [-0.2, 0) is 19.2 Å². The fourth-order valence-corrected chi connectivity index (χ4v) is 11.6. The van der Waals surface area contributed by atoms with E-state index in [9.17, 15) is 24.3 Å². The molecule has 1 saturated heterocycles. The molecular weight excluding hydrogens is 988 g/mol. The third kappa shape index (κ3) is 11.2. The number of ether oxygens (including phenoxy) is 2. The van der Waals surface area contributed by atoms with Crippen molar-refractivity contribution in [3.8, 4) is 27.1 Å². The van der Waals surface area contributed by atoms with Crippen LogP contribution in [0.3, 0.4) is 0 Å². The van der Waals surface area contributed by atoms with Gasteiger partial charge in [0, 0.05) is 58.9 Å². The highest BCUT2D eigenvalue weighted by atomic mass is 35.5. The SMILES string of the molecule is Cc1ncsc1-c1ccc([C@H](C)NC(=O)[C@@H]2C[C@@H](O)CN2C(=O)[C@@H](NC(=O)COc2ccc(O[C@H]3C[C@@H](NC(=O)C[C@@H]4N=C(c5ccc(Cl)cc5)c5c(sc(C)c5C)-n5c(C)nnc54)C3)nc2)C(C)(C)C)cc1. The molecule has 6 aromatic rings. The number of amides is 4. The van der Waals surface area contributed by atoms with Gasteiger partial charge in [-0.2, -0.15) is 0 Å². The fourth-order valence-electron chi connectivity index (χ4n) is 9.43. The number of thiazole rings is 1. The van der Waals surface area contributed by atoms with Gasteiger partial charge in [0.2, 0.25) is 23.6 Å². The first-order valence-electron chi connectivity index (χ1n) is 24.3. The van der Waals surface area contributed by atoms with Gasteiger partial charge in [0.05, 0.1) is 46.6 Å². The maximum atomic E-state index is 14.2.